The van der Waals surface area contributed by atoms with Crippen LogP contribution in [0.4, 0.5) is 0 Å². The van der Waals surface area contributed by atoms with Gasteiger partial charge in [0, 0.05) is 18.8 Å². The van der Waals surface area contributed by atoms with Crippen molar-refractivity contribution in [1.29, 1.82) is 0 Å². The predicted molar refractivity (Wildman–Crippen MR) is 72.9 cm³/mol. The number of halogens is 2. The molecule has 0 aliphatic heterocycles. The van der Waals surface area contributed by atoms with Gasteiger partial charge in [-0.25, -0.2) is 0 Å². The Morgan fingerprint density at radius 1 is 1.39 bits per heavy atom. The number of hydrogen-bond donors (Lipinski definition) is 1. The fourth-order valence-corrected chi connectivity index (χ4v) is 2.18. The summed E-state index contributed by atoms with van der Waals surface area (Å²) in [6, 6.07) is 5.80. The summed E-state index contributed by atoms with van der Waals surface area (Å²) < 4.78 is 1.78. The number of aromatic nitrogens is 3. The van der Waals surface area contributed by atoms with Gasteiger partial charge in [-0.15, -0.1) is 5.10 Å². The molecule has 1 heterocycles. The van der Waals surface area contributed by atoms with E-state index in [-0.39, 0.29) is 6.04 Å². The molecule has 1 aromatic carbocycles. The molecule has 0 aliphatic rings. The highest BCUT2D eigenvalue weighted by Crippen LogP contribution is 2.29. The summed E-state index contributed by atoms with van der Waals surface area (Å²) >= 11 is 12.2. The number of rotatable bonds is 5. The smallest absolute Gasteiger partial charge is 0.0692 e. The van der Waals surface area contributed by atoms with Crippen molar-refractivity contribution in [2.75, 3.05) is 6.54 Å². The van der Waals surface area contributed by atoms with E-state index in [4.69, 9.17) is 23.2 Å². The van der Waals surface area contributed by atoms with Crippen LogP contribution in [0.25, 0.3) is 0 Å². The van der Waals surface area contributed by atoms with E-state index in [9.17, 15) is 0 Å². The molecule has 1 aromatic heterocycles. The van der Waals surface area contributed by atoms with Gasteiger partial charge in [-0.05, 0) is 18.6 Å². The number of nitrogens with one attached hydrogen (secondary N) is 1. The second kappa shape index (κ2) is 6.18. The van der Waals surface area contributed by atoms with Crippen molar-refractivity contribution in [2.45, 2.75) is 19.5 Å². The maximum absolute atomic E-state index is 6.17. The molecule has 6 heteroatoms. The third-order valence-electron chi connectivity index (χ3n) is 2.71. The molecular formula is C12H14Cl2N4. The predicted octanol–water partition coefficient (Wildman–Crippen LogP) is 2.94. The van der Waals surface area contributed by atoms with Crippen LogP contribution in [-0.2, 0) is 6.54 Å². The second-order valence-electron chi connectivity index (χ2n) is 3.98. The van der Waals surface area contributed by atoms with Crippen molar-refractivity contribution >= 4 is 23.2 Å². The van der Waals surface area contributed by atoms with Crippen LogP contribution in [0.15, 0.2) is 30.6 Å². The molecule has 0 aliphatic carbocycles. The highest BCUT2D eigenvalue weighted by atomic mass is 35.5. The largest absolute Gasteiger partial charge is 0.308 e. The van der Waals surface area contributed by atoms with Gasteiger partial charge in [0.05, 0.1) is 22.8 Å². The first kappa shape index (κ1) is 13.3. The zero-order valence-electron chi connectivity index (χ0n) is 9.98. The summed E-state index contributed by atoms with van der Waals surface area (Å²) in [5.41, 5.74) is 1.00. The van der Waals surface area contributed by atoms with E-state index in [1.807, 2.05) is 18.3 Å². The lowest BCUT2D eigenvalue weighted by atomic mass is 10.1. The van der Waals surface area contributed by atoms with E-state index < -0.39 is 0 Å². The van der Waals surface area contributed by atoms with Crippen LogP contribution < -0.4 is 5.32 Å². The van der Waals surface area contributed by atoms with Gasteiger partial charge >= 0.3 is 0 Å². The molecule has 0 amide bonds. The minimum Gasteiger partial charge on any atom is -0.308 e. The molecule has 4 nitrogen and oxygen atoms in total. The maximum atomic E-state index is 6.17. The molecule has 2 rings (SSSR count). The third kappa shape index (κ3) is 3.22. The Kier molecular flexibility index (Phi) is 4.58. The number of hydrogen-bond acceptors (Lipinski definition) is 3. The van der Waals surface area contributed by atoms with Crippen molar-refractivity contribution in [3.63, 3.8) is 0 Å². The summed E-state index contributed by atoms with van der Waals surface area (Å²) in [7, 11) is 0. The molecule has 1 unspecified atom stereocenters. The quantitative estimate of drug-likeness (QED) is 0.918. The fraction of sp³-hybridized carbons (Fsp3) is 0.333. The van der Waals surface area contributed by atoms with Gasteiger partial charge in [-0.1, -0.05) is 40.5 Å². The monoisotopic (exact) mass is 284 g/mol. The molecule has 1 N–H and O–H groups in total. The Hall–Kier alpha value is -1.10. The summed E-state index contributed by atoms with van der Waals surface area (Å²) in [6.07, 6.45) is 3.50. The van der Waals surface area contributed by atoms with Gasteiger partial charge in [0.15, 0.2) is 0 Å². The molecule has 0 fully saturated rings. The Morgan fingerprint density at radius 3 is 2.94 bits per heavy atom. The summed E-state index contributed by atoms with van der Waals surface area (Å²) in [5, 5.41) is 12.2. The van der Waals surface area contributed by atoms with Gasteiger partial charge in [0.2, 0.25) is 0 Å². The second-order valence-corrected chi connectivity index (χ2v) is 4.77. The number of benzene rings is 1. The van der Waals surface area contributed by atoms with Crippen molar-refractivity contribution in [1.82, 2.24) is 20.3 Å². The summed E-state index contributed by atoms with van der Waals surface area (Å²) in [4.78, 5) is 0. The standard InChI is InChI=1S/C12H14Cl2N4/c1-9(10-3-2-4-11(13)12(10)14)15-5-7-18-8-6-16-17-18/h2-4,6,8-9,15H,5,7H2,1H3. The molecule has 0 bridgehead atoms. The highest BCUT2D eigenvalue weighted by Gasteiger charge is 2.10. The fourth-order valence-electron chi connectivity index (χ4n) is 1.71. The molecule has 0 spiro atoms. The lowest BCUT2D eigenvalue weighted by Crippen LogP contribution is -2.23. The van der Waals surface area contributed by atoms with E-state index in [0.717, 1.165) is 18.7 Å². The molecule has 0 saturated heterocycles. The van der Waals surface area contributed by atoms with Gasteiger partial charge in [0.25, 0.3) is 0 Å². The first-order valence-corrected chi connectivity index (χ1v) is 6.45. The van der Waals surface area contributed by atoms with Crippen LogP contribution in [0, 0.1) is 0 Å². The van der Waals surface area contributed by atoms with E-state index >= 15 is 0 Å². The van der Waals surface area contributed by atoms with E-state index in [1.165, 1.54) is 0 Å². The minimum atomic E-state index is 0.139. The van der Waals surface area contributed by atoms with Crippen LogP contribution in [-0.4, -0.2) is 21.5 Å². The van der Waals surface area contributed by atoms with Crippen molar-refractivity contribution in [2.24, 2.45) is 0 Å². The van der Waals surface area contributed by atoms with Crippen LogP contribution in [0.2, 0.25) is 10.0 Å². The SMILES string of the molecule is CC(NCCn1ccnn1)c1cccc(Cl)c1Cl. The topological polar surface area (TPSA) is 42.7 Å². The Labute approximate surface area is 116 Å². The van der Waals surface area contributed by atoms with E-state index in [2.05, 4.69) is 22.6 Å². The summed E-state index contributed by atoms with van der Waals surface area (Å²) in [6.45, 7) is 3.61. The Morgan fingerprint density at radius 2 is 2.22 bits per heavy atom. The third-order valence-corrected chi connectivity index (χ3v) is 3.54. The van der Waals surface area contributed by atoms with Gasteiger partial charge in [-0.3, -0.25) is 4.68 Å². The van der Waals surface area contributed by atoms with E-state index in [0.29, 0.717) is 10.0 Å². The first-order chi connectivity index (χ1) is 8.68. The van der Waals surface area contributed by atoms with Gasteiger partial charge < -0.3 is 5.32 Å². The Balaban J connectivity index is 1.91. The van der Waals surface area contributed by atoms with Gasteiger partial charge in [-0.2, -0.15) is 0 Å². The average Bonchev–Trinajstić information content (AvgIpc) is 2.85. The maximum Gasteiger partial charge on any atom is 0.0692 e. The average molecular weight is 285 g/mol. The Bertz CT molecular complexity index is 499. The zero-order chi connectivity index (χ0) is 13.0. The van der Waals surface area contributed by atoms with Crippen molar-refractivity contribution in [3.05, 3.63) is 46.2 Å². The van der Waals surface area contributed by atoms with Crippen LogP contribution >= 0.6 is 23.2 Å². The van der Waals surface area contributed by atoms with Crippen LogP contribution in [0.1, 0.15) is 18.5 Å². The van der Waals surface area contributed by atoms with Crippen molar-refractivity contribution in [3.8, 4) is 0 Å². The first-order valence-electron chi connectivity index (χ1n) is 5.70. The molecular weight excluding hydrogens is 271 g/mol. The van der Waals surface area contributed by atoms with Gasteiger partial charge in [0.1, 0.15) is 0 Å². The normalized spacial score (nSPS) is 12.6. The lowest BCUT2D eigenvalue weighted by molar-refractivity contribution is 0.499. The van der Waals surface area contributed by atoms with Crippen LogP contribution in [0.3, 0.4) is 0 Å². The molecule has 1 atom stereocenters. The molecule has 0 saturated carbocycles. The summed E-state index contributed by atoms with van der Waals surface area (Å²) in [5.74, 6) is 0. The molecule has 0 radical (unpaired) electrons. The lowest BCUT2D eigenvalue weighted by Gasteiger charge is -2.16. The van der Waals surface area contributed by atoms with Crippen LogP contribution in [0.5, 0.6) is 0 Å². The molecule has 2 aromatic rings. The molecule has 96 valence electrons. The molecule has 18 heavy (non-hydrogen) atoms. The van der Waals surface area contributed by atoms with E-state index in [1.54, 1.807) is 16.9 Å². The highest BCUT2D eigenvalue weighted by molar-refractivity contribution is 6.42. The number of nitrogens with zero attached hydrogens (tertiary/aromatic N) is 3. The zero-order valence-corrected chi connectivity index (χ0v) is 11.5. The van der Waals surface area contributed by atoms with Crippen molar-refractivity contribution < 1.29 is 0 Å². The minimum absolute atomic E-state index is 0.139.